The fourth-order valence-corrected chi connectivity index (χ4v) is 7.26. The van der Waals surface area contributed by atoms with Crippen molar-refractivity contribution >= 4 is 37.6 Å². The highest BCUT2D eigenvalue weighted by atomic mass is 32.2. The highest BCUT2D eigenvalue weighted by Crippen LogP contribution is 2.41. The second-order valence-corrected chi connectivity index (χ2v) is 12.4. The van der Waals surface area contributed by atoms with Gasteiger partial charge in [-0.2, -0.15) is 0 Å². The van der Waals surface area contributed by atoms with E-state index in [1.165, 1.54) is 0 Å². The highest BCUT2D eigenvalue weighted by molar-refractivity contribution is 7.89. The van der Waals surface area contributed by atoms with Crippen molar-refractivity contribution in [1.29, 1.82) is 0 Å². The Morgan fingerprint density at radius 2 is 1.79 bits per heavy atom. The van der Waals surface area contributed by atoms with E-state index in [0.29, 0.717) is 58.7 Å². The number of nitrogens with one attached hydrogen (secondary N) is 2. The van der Waals surface area contributed by atoms with Gasteiger partial charge >= 0.3 is 0 Å². The van der Waals surface area contributed by atoms with Crippen molar-refractivity contribution in [2.75, 3.05) is 13.2 Å². The largest absolute Gasteiger partial charge is 0.492 e. The first-order valence-corrected chi connectivity index (χ1v) is 16.0. The van der Waals surface area contributed by atoms with Gasteiger partial charge in [0.2, 0.25) is 15.9 Å². The number of pyridine rings is 1. The van der Waals surface area contributed by atoms with E-state index >= 15 is 0 Å². The monoisotopic (exact) mass is 599 g/mol. The summed E-state index contributed by atoms with van der Waals surface area (Å²) in [6, 6.07) is 16.5. The number of carbonyl (C=O) groups is 1. The van der Waals surface area contributed by atoms with Crippen LogP contribution in [0.25, 0.3) is 27.4 Å². The summed E-state index contributed by atoms with van der Waals surface area (Å²) in [7, 11) is -3.95. The lowest BCUT2D eigenvalue weighted by Crippen LogP contribution is -2.34. The standard InChI is InChI=1S/C33H33N3O6S/c1-4-41-30-25-11-8-16-34-29(25)31(42-5-2)26-18-36(33(38)28(26)30)27-15-12-21(17-20(27)3)19-43(39,40)35-32(37)24-14-13-22-9-6-7-10-23(22)24/h6-12,15-18,24,34H,4-5,13-14,19H2,1-3H3,(H,35,37). The Balaban J connectivity index is 1.33. The Bertz CT molecular complexity index is 2040. The predicted octanol–water partition coefficient (Wildman–Crippen LogP) is 5.25. The number of amides is 1. The number of benzene rings is 3. The zero-order valence-corrected chi connectivity index (χ0v) is 25.1. The fraction of sp³-hybridized carbons (Fsp3) is 0.273. The Morgan fingerprint density at radius 3 is 2.56 bits per heavy atom. The first-order valence-electron chi connectivity index (χ1n) is 14.4. The van der Waals surface area contributed by atoms with Gasteiger partial charge < -0.3 is 14.5 Å². The molecular weight excluding hydrogens is 566 g/mol. The van der Waals surface area contributed by atoms with E-state index in [0.717, 1.165) is 28.5 Å². The number of carbonyl (C=O) groups excluding carboxylic acids is 1. The number of aryl methyl sites for hydroxylation is 2. The lowest BCUT2D eigenvalue weighted by Gasteiger charge is -2.14. The van der Waals surface area contributed by atoms with Crippen molar-refractivity contribution in [1.82, 2.24) is 14.3 Å². The molecule has 1 unspecified atom stereocenters. The SMILES string of the molecule is CCOc1c2cn(-c3ccc(CS(=O)(=O)NC(=O)C4CCc5ccccc54)cc3C)c(=O)c2c(OCC)c2ccc[nH]c12. The molecule has 2 aromatic heterocycles. The third-order valence-corrected chi connectivity index (χ3v) is 9.15. The topological polar surface area (TPSA) is 119 Å². The van der Waals surface area contributed by atoms with E-state index in [1.54, 1.807) is 35.2 Å². The molecular formula is C33H33N3O6S. The third kappa shape index (κ3) is 5.16. The molecule has 5 aromatic rings. The maximum atomic E-state index is 13.9. The number of rotatable bonds is 9. The number of hydrogen-bond acceptors (Lipinski definition) is 6. The van der Waals surface area contributed by atoms with Crippen LogP contribution in [0.1, 0.15) is 48.4 Å². The van der Waals surface area contributed by atoms with Crippen molar-refractivity contribution in [3.8, 4) is 17.2 Å². The van der Waals surface area contributed by atoms with Crippen molar-refractivity contribution in [3.05, 3.63) is 99.6 Å². The van der Waals surface area contributed by atoms with Gasteiger partial charge in [-0.05, 0) is 74.1 Å². The van der Waals surface area contributed by atoms with Gasteiger partial charge in [-0.25, -0.2) is 8.42 Å². The third-order valence-electron chi connectivity index (χ3n) is 7.92. The van der Waals surface area contributed by atoms with E-state index in [9.17, 15) is 18.0 Å². The van der Waals surface area contributed by atoms with Crippen LogP contribution in [0.4, 0.5) is 0 Å². The van der Waals surface area contributed by atoms with E-state index < -0.39 is 21.8 Å². The van der Waals surface area contributed by atoms with Gasteiger partial charge in [-0.3, -0.25) is 18.9 Å². The van der Waals surface area contributed by atoms with E-state index in [4.69, 9.17) is 9.47 Å². The molecule has 10 heteroatoms. The normalized spacial score (nSPS) is 14.6. The number of hydrogen-bond donors (Lipinski definition) is 2. The minimum Gasteiger partial charge on any atom is -0.492 e. The summed E-state index contributed by atoms with van der Waals surface area (Å²) >= 11 is 0. The summed E-state index contributed by atoms with van der Waals surface area (Å²) in [5, 5.41) is 1.78. The van der Waals surface area contributed by atoms with Gasteiger partial charge in [-0.1, -0.05) is 36.4 Å². The zero-order chi connectivity index (χ0) is 30.3. The number of ether oxygens (including phenoxy) is 2. The van der Waals surface area contributed by atoms with Gasteiger partial charge in [-0.15, -0.1) is 0 Å². The molecule has 0 saturated carbocycles. The summed E-state index contributed by atoms with van der Waals surface area (Å²) in [5.74, 6) is -0.305. The summed E-state index contributed by atoms with van der Waals surface area (Å²) in [6.07, 6.45) is 4.87. The molecule has 0 aliphatic heterocycles. The van der Waals surface area contributed by atoms with Gasteiger partial charge in [0.05, 0.1) is 46.9 Å². The molecule has 9 nitrogen and oxygen atoms in total. The van der Waals surface area contributed by atoms with Crippen molar-refractivity contribution < 1.29 is 22.7 Å². The number of fused-ring (bicyclic) bond motifs is 3. The number of aromatic amines is 1. The van der Waals surface area contributed by atoms with E-state index in [2.05, 4.69) is 9.71 Å². The molecule has 1 amide bonds. The summed E-state index contributed by atoms with van der Waals surface area (Å²) in [6.45, 7) is 6.36. The van der Waals surface area contributed by atoms with Crippen LogP contribution in [-0.2, 0) is 27.0 Å². The average Bonchev–Trinajstić information content (AvgIpc) is 3.56. The van der Waals surface area contributed by atoms with Gasteiger partial charge in [0.1, 0.15) is 5.75 Å². The molecule has 222 valence electrons. The van der Waals surface area contributed by atoms with Crippen LogP contribution < -0.4 is 19.8 Å². The molecule has 0 bridgehead atoms. The molecule has 6 rings (SSSR count). The van der Waals surface area contributed by atoms with Crippen molar-refractivity contribution in [3.63, 3.8) is 0 Å². The first-order chi connectivity index (χ1) is 20.7. The zero-order valence-electron chi connectivity index (χ0n) is 24.3. The molecule has 43 heavy (non-hydrogen) atoms. The van der Waals surface area contributed by atoms with Crippen LogP contribution in [0.5, 0.6) is 11.5 Å². The van der Waals surface area contributed by atoms with Gasteiger partial charge in [0, 0.05) is 17.8 Å². The molecule has 1 aliphatic rings. The summed E-state index contributed by atoms with van der Waals surface area (Å²) < 4.78 is 41.9. The minimum atomic E-state index is -3.95. The molecule has 0 saturated heterocycles. The Hall–Kier alpha value is -4.57. The van der Waals surface area contributed by atoms with Gasteiger partial charge in [0.15, 0.2) is 5.75 Å². The molecule has 0 fully saturated rings. The van der Waals surface area contributed by atoms with Crippen LogP contribution >= 0.6 is 0 Å². The van der Waals surface area contributed by atoms with Crippen molar-refractivity contribution in [2.45, 2.75) is 45.3 Å². The van der Waals surface area contributed by atoms with E-state index in [-0.39, 0.29) is 11.3 Å². The second kappa shape index (κ2) is 11.3. The molecule has 2 heterocycles. The lowest BCUT2D eigenvalue weighted by molar-refractivity contribution is -0.120. The highest BCUT2D eigenvalue weighted by Gasteiger charge is 2.31. The molecule has 0 radical (unpaired) electrons. The average molecular weight is 600 g/mol. The quantitative estimate of drug-likeness (QED) is 0.239. The van der Waals surface area contributed by atoms with Gasteiger partial charge in [0.25, 0.3) is 5.56 Å². The molecule has 1 aliphatic carbocycles. The number of aromatic nitrogens is 2. The Labute approximate surface area is 249 Å². The van der Waals surface area contributed by atoms with Crippen LogP contribution in [0.3, 0.4) is 0 Å². The van der Waals surface area contributed by atoms with Crippen LogP contribution in [-0.4, -0.2) is 37.1 Å². The molecule has 2 N–H and O–H groups in total. The lowest BCUT2D eigenvalue weighted by atomic mass is 10.0. The maximum Gasteiger partial charge on any atom is 0.266 e. The van der Waals surface area contributed by atoms with Crippen molar-refractivity contribution in [2.24, 2.45) is 0 Å². The molecule has 3 aromatic carbocycles. The molecule has 1 atom stereocenters. The predicted molar refractivity (Wildman–Crippen MR) is 167 cm³/mol. The molecule has 0 spiro atoms. The number of H-pyrrole nitrogens is 1. The smallest absolute Gasteiger partial charge is 0.266 e. The summed E-state index contributed by atoms with van der Waals surface area (Å²) in [4.78, 5) is 30.1. The summed E-state index contributed by atoms with van der Waals surface area (Å²) in [5.41, 5.74) is 4.24. The number of sulfonamides is 1. The van der Waals surface area contributed by atoms with Crippen LogP contribution in [0, 0.1) is 6.92 Å². The van der Waals surface area contributed by atoms with Crippen LogP contribution in [0.15, 0.2) is 71.8 Å². The van der Waals surface area contributed by atoms with E-state index in [1.807, 2.05) is 57.2 Å². The van der Waals surface area contributed by atoms with Crippen LogP contribution in [0.2, 0.25) is 0 Å². The Kier molecular flexibility index (Phi) is 7.47. The minimum absolute atomic E-state index is 0.266. The fourth-order valence-electron chi connectivity index (χ4n) is 6.12. The second-order valence-electron chi connectivity index (χ2n) is 10.7. The Morgan fingerprint density at radius 1 is 1.02 bits per heavy atom. The maximum absolute atomic E-state index is 13.9. The number of nitrogens with zero attached hydrogens (tertiary/aromatic N) is 1. The first kappa shape index (κ1) is 28.5.